The summed E-state index contributed by atoms with van der Waals surface area (Å²) < 4.78 is 74.9. The van der Waals surface area contributed by atoms with E-state index in [1.807, 2.05) is 37.3 Å². The molecule has 4 nitrogen and oxygen atoms in total. The molecule has 10 heteroatoms. The predicted octanol–water partition coefficient (Wildman–Crippen LogP) is 8.73. The van der Waals surface area contributed by atoms with Crippen LogP contribution in [0.1, 0.15) is 87.8 Å². The fourth-order valence-electron chi connectivity index (χ4n) is 5.72. The number of benzene rings is 2. The highest BCUT2D eigenvalue weighted by Crippen LogP contribution is 2.41. The van der Waals surface area contributed by atoms with E-state index in [-0.39, 0.29) is 17.3 Å². The highest BCUT2D eigenvalue weighted by molar-refractivity contribution is 7.91. The Kier molecular flexibility index (Phi) is 13.6. The van der Waals surface area contributed by atoms with Gasteiger partial charge in [-0.15, -0.1) is 0 Å². The minimum Gasteiger partial charge on any atom is -0.616 e. The zero-order valence-electron chi connectivity index (χ0n) is 24.9. The van der Waals surface area contributed by atoms with Gasteiger partial charge in [0.1, 0.15) is 23.0 Å². The van der Waals surface area contributed by atoms with Crippen LogP contribution < -0.4 is 0 Å². The third-order valence-electron chi connectivity index (χ3n) is 8.07. The quantitative estimate of drug-likeness (QED) is 0.104. The van der Waals surface area contributed by atoms with Gasteiger partial charge in [-0.2, -0.15) is 22.0 Å². The number of alkyl halides is 5. The van der Waals surface area contributed by atoms with Crippen LogP contribution in [0.3, 0.4) is 0 Å². The molecule has 0 bridgehead atoms. The summed E-state index contributed by atoms with van der Waals surface area (Å²) >= 11 is -1.41. The predicted molar refractivity (Wildman–Crippen MR) is 164 cm³/mol. The van der Waals surface area contributed by atoms with E-state index in [0.717, 1.165) is 75.6 Å². The first-order valence-corrected chi connectivity index (χ1v) is 16.8. The molecule has 1 unspecified atom stereocenters. The topological polar surface area (TPSA) is 66.8 Å². The molecule has 0 saturated heterocycles. The van der Waals surface area contributed by atoms with Gasteiger partial charge in [0.25, 0.3) is 0 Å². The fourth-order valence-corrected chi connectivity index (χ4v) is 6.84. The Morgan fingerprint density at radius 2 is 1.53 bits per heavy atom. The molecule has 0 aromatic heterocycles. The van der Waals surface area contributed by atoms with E-state index in [0.29, 0.717) is 18.7 Å². The van der Waals surface area contributed by atoms with Crippen molar-refractivity contribution in [2.45, 2.75) is 89.7 Å². The molecule has 0 fully saturated rings. The van der Waals surface area contributed by atoms with Crippen molar-refractivity contribution in [2.24, 2.45) is 0 Å². The first-order valence-electron chi connectivity index (χ1n) is 15.3. The van der Waals surface area contributed by atoms with Crippen LogP contribution in [-0.4, -0.2) is 62.9 Å². The van der Waals surface area contributed by atoms with Crippen LogP contribution in [0.15, 0.2) is 42.5 Å². The van der Waals surface area contributed by atoms with Crippen molar-refractivity contribution in [2.75, 3.05) is 31.1 Å². The van der Waals surface area contributed by atoms with Crippen LogP contribution in [0.2, 0.25) is 0 Å². The molecule has 2 aromatic rings. The van der Waals surface area contributed by atoms with Crippen LogP contribution >= 0.6 is 0 Å². The zero-order chi connectivity index (χ0) is 31.5. The van der Waals surface area contributed by atoms with Crippen LogP contribution in [0, 0.1) is 0 Å². The van der Waals surface area contributed by atoms with Gasteiger partial charge in [-0.25, -0.2) is 0 Å². The number of phenols is 2. The van der Waals surface area contributed by atoms with Gasteiger partial charge in [-0.05, 0) is 110 Å². The number of fused-ring (bicyclic) bond motifs is 1. The van der Waals surface area contributed by atoms with Gasteiger partial charge in [0, 0.05) is 19.4 Å². The number of allylic oxidation sites excluding steroid dienone is 2. The number of unbranched alkanes of at least 4 members (excludes halogenated alkanes) is 3. The third-order valence-corrected chi connectivity index (χ3v) is 9.56. The number of aromatic hydroxyl groups is 2. The average molecular weight is 630 g/mol. The third kappa shape index (κ3) is 11.0. The van der Waals surface area contributed by atoms with E-state index in [9.17, 15) is 36.7 Å². The number of aryl methyl sites for hydroxylation is 1. The highest BCUT2D eigenvalue weighted by Gasteiger charge is 2.56. The molecular weight excluding hydrogens is 585 g/mol. The molecule has 2 aromatic carbocycles. The van der Waals surface area contributed by atoms with Crippen LogP contribution in [0.4, 0.5) is 22.0 Å². The monoisotopic (exact) mass is 629 g/mol. The van der Waals surface area contributed by atoms with Crippen molar-refractivity contribution < 1.29 is 36.7 Å². The van der Waals surface area contributed by atoms with Crippen LogP contribution in [-0.2, 0) is 17.6 Å². The molecule has 0 saturated carbocycles. The molecule has 43 heavy (non-hydrogen) atoms. The number of hydrogen-bond donors (Lipinski definition) is 2. The van der Waals surface area contributed by atoms with E-state index < -0.39 is 36.1 Å². The molecule has 2 N–H and O–H groups in total. The molecule has 1 aliphatic rings. The second-order valence-corrected chi connectivity index (χ2v) is 13.0. The summed E-state index contributed by atoms with van der Waals surface area (Å²) in [5.74, 6) is -4.06. The summed E-state index contributed by atoms with van der Waals surface area (Å²) in [6.07, 6.45) is 1.09. The maximum absolute atomic E-state index is 13.0. The smallest absolute Gasteiger partial charge is 0.453 e. The molecule has 1 aliphatic carbocycles. The molecule has 0 amide bonds. The lowest BCUT2D eigenvalue weighted by molar-refractivity contribution is -0.284. The lowest BCUT2D eigenvalue weighted by Gasteiger charge is -2.21. The number of halogens is 5. The fraction of sp³-hybridized carbons (Fsp3) is 0.576. The molecule has 3 rings (SSSR count). The van der Waals surface area contributed by atoms with Crippen molar-refractivity contribution in [3.63, 3.8) is 0 Å². The van der Waals surface area contributed by atoms with Gasteiger partial charge in [0.15, 0.2) is 0 Å². The number of rotatable bonds is 17. The van der Waals surface area contributed by atoms with E-state index in [1.165, 1.54) is 16.7 Å². The first kappa shape index (κ1) is 35.2. The summed E-state index contributed by atoms with van der Waals surface area (Å²) in [6.45, 7) is 4.48. The molecule has 0 spiro atoms. The van der Waals surface area contributed by atoms with Crippen molar-refractivity contribution >= 4 is 22.3 Å². The number of nitrogens with zero attached hydrogens (tertiary/aromatic N) is 1. The summed E-state index contributed by atoms with van der Waals surface area (Å²) in [4.78, 5) is 2.26. The average Bonchev–Trinajstić information content (AvgIpc) is 3.12. The standard InChI is InChI=1S/C33H44F5NO3S/c1-2-39(20-10-22-43(42)21-9-18-32(34,35)33(36,37)38)19-6-4-3-5-14-31-29(25-11-7-13-27(40)23-25)15-8-12-26-24-28(41)16-17-30(26)31/h7,11,13,16-17,23-24,40-41H,2-6,8-10,12,14-15,18-22H2,1H3. The van der Waals surface area contributed by atoms with Crippen LogP contribution in [0.5, 0.6) is 11.5 Å². The van der Waals surface area contributed by atoms with Crippen molar-refractivity contribution in [3.05, 3.63) is 59.2 Å². The van der Waals surface area contributed by atoms with Gasteiger partial charge in [0.05, 0.1) is 0 Å². The summed E-state index contributed by atoms with van der Waals surface area (Å²) in [7, 11) is 0. The van der Waals surface area contributed by atoms with Crippen molar-refractivity contribution in [3.8, 4) is 11.5 Å². The Labute approximate surface area is 255 Å². The first-order chi connectivity index (χ1) is 20.4. The minimum atomic E-state index is -5.56. The molecule has 1 atom stereocenters. The zero-order valence-corrected chi connectivity index (χ0v) is 25.7. The Balaban J connectivity index is 1.43. The Morgan fingerprint density at radius 3 is 2.26 bits per heavy atom. The summed E-state index contributed by atoms with van der Waals surface area (Å²) in [5, 5.41) is 20.2. The SMILES string of the molecule is CCN(CCCCCCC1=C(c2cccc(O)c2)CCCc2cc(O)ccc21)CCC[S+]([O-])CCCC(F)(F)C(F)(F)F. The number of phenolic OH excluding ortho intramolecular Hbond substituents is 2. The van der Waals surface area contributed by atoms with Gasteiger partial charge in [-0.3, -0.25) is 0 Å². The Morgan fingerprint density at radius 1 is 0.837 bits per heavy atom. The Bertz CT molecular complexity index is 1190. The van der Waals surface area contributed by atoms with Crippen molar-refractivity contribution in [1.29, 1.82) is 0 Å². The second-order valence-electron chi connectivity index (χ2n) is 11.3. The van der Waals surface area contributed by atoms with Gasteiger partial charge < -0.3 is 19.7 Å². The van der Waals surface area contributed by atoms with E-state index in [4.69, 9.17) is 0 Å². The summed E-state index contributed by atoms with van der Waals surface area (Å²) in [5.41, 5.74) is 5.91. The van der Waals surface area contributed by atoms with Crippen molar-refractivity contribution in [1.82, 2.24) is 4.90 Å². The Hall–Kier alpha value is -2.30. The second kappa shape index (κ2) is 16.7. The van der Waals surface area contributed by atoms with Crippen LogP contribution in [0.25, 0.3) is 11.1 Å². The maximum atomic E-state index is 13.0. The van der Waals surface area contributed by atoms with E-state index in [2.05, 4.69) is 4.90 Å². The normalized spacial score (nSPS) is 15.1. The molecule has 240 valence electrons. The lowest BCUT2D eigenvalue weighted by Crippen LogP contribution is -2.36. The van der Waals surface area contributed by atoms with E-state index in [1.54, 1.807) is 12.1 Å². The molecular formula is C33H44F5NO3S. The maximum Gasteiger partial charge on any atom is 0.453 e. The van der Waals surface area contributed by atoms with Gasteiger partial charge in [0.2, 0.25) is 0 Å². The van der Waals surface area contributed by atoms with E-state index >= 15 is 0 Å². The molecule has 0 radical (unpaired) electrons. The van der Waals surface area contributed by atoms with Gasteiger partial charge >= 0.3 is 12.1 Å². The summed E-state index contributed by atoms with van der Waals surface area (Å²) in [6, 6.07) is 13.0. The lowest BCUT2D eigenvalue weighted by atomic mass is 9.89. The largest absolute Gasteiger partial charge is 0.616 e. The molecule has 0 heterocycles. The highest BCUT2D eigenvalue weighted by atomic mass is 32.2. The molecule has 0 aliphatic heterocycles. The number of hydrogen-bond acceptors (Lipinski definition) is 4. The minimum absolute atomic E-state index is 0.146. The van der Waals surface area contributed by atoms with Gasteiger partial charge in [-0.1, -0.05) is 49.1 Å².